The molecule has 0 radical (unpaired) electrons. The maximum absolute atomic E-state index is 13.5. The molecular weight excluding hydrogens is 308 g/mol. The van der Waals surface area contributed by atoms with Crippen molar-refractivity contribution >= 4 is 12.1 Å². The normalized spacial score (nSPS) is 14.0. The number of carboxylic acids is 1. The number of carbonyl (C=O) groups is 2. The Bertz CT molecular complexity index is 592. The highest BCUT2D eigenvalue weighted by molar-refractivity contribution is 5.85. The van der Waals surface area contributed by atoms with Gasteiger partial charge in [0.1, 0.15) is 17.2 Å². The molecular formula is C16H21F2NO4. The molecule has 1 rings (SSSR count). The molecule has 0 heterocycles. The molecule has 0 fully saturated rings. The Labute approximate surface area is 133 Å². The van der Waals surface area contributed by atoms with Crippen LogP contribution in [0.1, 0.15) is 40.2 Å². The number of rotatable bonds is 4. The SMILES string of the molecule is CCN(C(=O)OC(C)(C)C)C(C)(C(=O)O)c1cc(F)cc(F)c1. The van der Waals surface area contributed by atoms with Gasteiger partial charge in [0.15, 0.2) is 5.54 Å². The Morgan fingerprint density at radius 3 is 1.96 bits per heavy atom. The van der Waals surface area contributed by atoms with Crippen LogP contribution in [0.4, 0.5) is 13.6 Å². The summed E-state index contributed by atoms with van der Waals surface area (Å²) in [5.41, 5.74) is -2.99. The third kappa shape index (κ3) is 4.18. The smallest absolute Gasteiger partial charge is 0.411 e. The number of amides is 1. The molecule has 0 aliphatic heterocycles. The highest BCUT2D eigenvalue weighted by Crippen LogP contribution is 2.31. The number of halogens is 2. The Morgan fingerprint density at radius 2 is 1.61 bits per heavy atom. The first-order valence-corrected chi connectivity index (χ1v) is 7.12. The predicted octanol–water partition coefficient (Wildman–Crippen LogP) is 3.52. The molecule has 1 aromatic rings. The van der Waals surface area contributed by atoms with E-state index in [0.717, 1.165) is 17.0 Å². The van der Waals surface area contributed by atoms with Crippen molar-refractivity contribution in [3.8, 4) is 0 Å². The van der Waals surface area contributed by atoms with Gasteiger partial charge < -0.3 is 9.84 Å². The van der Waals surface area contributed by atoms with Gasteiger partial charge in [0, 0.05) is 12.6 Å². The van der Waals surface area contributed by atoms with Gasteiger partial charge >= 0.3 is 12.1 Å². The third-order valence-corrected chi connectivity index (χ3v) is 3.31. The van der Waals surface area contributed by atoms with Crippen LogP contribution in [0, 0.1) is 11.6 Å². The third-order valence-electron chi connectivity index (χ3n) is 3.31. The van der Waals surface area contributed by atoms with Crippen LogP contribution in [0.3, 0.4) is 0 Å². The lowest BCUT2D eigenvalue weighted by Gasteiger charge is -2.38. The predicted molar refractivity (Wildman–Crippen MR) is 80.0 cm³/mol. The van der Waals surface area contributed by atoms with E-state index in [2.05, 4.69) is 0 Å². The number of carboxylic acid groups (broad SMARTS) is 1. The van der Waals surface area contributed by atoms with Crippen LogP contribution in [0.2, 0.25) is 0 Å². The van der Waals surface area contributed by atoms with Crippen LogP contribution in [0.15, 0.2) is 18.2 Å². The standard InChI is InChI=1S/C16H21F2NO4/c1-6-19(14(22)23-15(2,3)4)16(5,13(20)21)10-7-11(17)9-12(18)8-10/h7-9H,6H2,1-5H3,(H,20,21). The van der Waals surface area contributed by atoms with Gasteiger partial charge in [0.05, 0.1) is 0 Å². The summed E-state index contributed by atoms with van der Waals surface area (Å²) in [5.74, 6) is -3.27. The van der Waals surface area contributed by atoms with E-state index in [1.165, 1.54) is 6.92 Å². The van der Waals surface area contributed by atoms with Crippen molar-refractivity contribution in [1.82, 2.24) is 4.90 Å². The van der Waals surface area contributed by atoms with E-state index in [1.54, 1.807) is 27.7 Å². The molecule has 5 nitrogen and oxygen atoms in total. The highest BCUT2D eigenvalue weighted by Gasteiger charge is 2.45. The molecule has 1 N–H and O–H groups in total. The van der Waals surface area contributed by atoms with Gasteiger partial charge in [-0.2, -0.15) is 0 Å². The van der Waals surface area contributed by atoms with Gasteiger partial charge in [-0.05, 0) is 52.3 Å². The average molecular weight is 329 g/mol. The van der Waals surface area contributed by atoms with Gasteiger partial charge in [-0.25, -0.2) is 18.4 Å². The summed E-state index contributed by atoms with van der Waals surface area (Å²) < 4.78 is 32.2. The van der Waals surface area contributed by atoms with Gasteiger partial charge in [-0.15, -0.1) is 0 Å². The van der Waals surface area contributed by atoms with E-state index in [4.69, 9.17) is 4.74 Å². The molecule has 1 atom stereocenters. The maximum Gasteiger partial charge on any atom is 0.411 e. The van der Waals surface area contributed by atoms with Crippen molar-refractivity contribution in [3.05, 3.63) is 35.4 Å². The molecule has 0 saturated heterocycles. The topological polar surface area (TPSA) is 66.8 Å². The number of nitrogens with zero attached hydrogens (tertiary/aromatic N) is 1. The zero-order chi connectivity index (χ0) is 18.0. The number of likely N-dealkylation sites (N-methyl/N-ethyl adjacent to an activating group) is 1. The maximum atomic E-state index is 13.5. The first kappa shape index (κ1) is 18.9. The minimum atomic E-state index is -1.97. The van der Waals surface area contributed by atoms with E-state index >= 15 is 0 Å². The molecule has 7 heteroatoms. The van der Waals surface area contributed by atoms with Crippen LogP contribution < -0.4 is 0 Å². The quantitative estimate of drug-likeness (QED) is 0.918. The lowest BCUT2D eigenvalue weighted by atomic mass is 9.90. The summed E-state index contributed by atoms with van der Waals surface area (Å²) in [7, 11) is 0. The highest BCUT2D eigenvalue weighted by atomic mass is 19.1. The fourth-order valence-electron chi connectivity index (χ4n) is 2.17. The second kappa shape index (κ2) is 6.52. The molecule has 23 heavy (non-hydrogen) atoms. The van der Waals surface area contributed by atoms with E-state index in [-0.39, 0.29) is 12.1 Å². The summed E-state index contributed by atoms with van der Waals surface area (Å²) in [6, 6.07) is 2.42. The number of carbonyl (C=O) groups excluding carboxylic acids is 1. The molecule has 1 amide bonds. The minimum Gasteiger partial charge on any atom is -0.479 e. The van der Waals surface area contributed by atoms with E-state index in [9.17, 15) is 23.5 Å². The van der Waals surface area contributed by atoms with Crippen molar-refractivity contribution in [2.75, 3.05) is 6.54 Å². The molecule has 0 aliphatic carbocycles. The van der Waals surface area contributed by atoms with Gasteiger partial charge in [0.2, 0.25) is 0 Å². The van der Waals surface area contributed by atoms with Crippen molar-refractivity contribution in [1.29, 1.82) is 0 Å². The molecule has 1 unspecified atom stereocenters. The Hall–Kier alpha value is -2.18. The van der Waals surface area contributed by atoms with Crippen LogP contribution in [0.25, 0.3) is 0 Å². The lowest BCUT2D eigenvalue weighted by molar-refractivity contribution is -0.150. The molecule has 1 aromatic carbocycles. The number of hydrogen-bond acceptors (Lipinski definition) is 3. The second-order valence-electron chi connectivity index (χ2n) is 6.26. The van der Waals surface area contributed by atoms with Crippen LogP contribution >= 0.6 is 0 Å². The monoisotopic (exact) mass is 329 g/mol. The van der Waals surface area contributed by atoms with E-state index in [0.29, 0.717) is 6.07 Å². The molecule has 0 aliphatic rings. The molecule has 0 bridgehead atoms. The minimum absolute atomic E-state index is 0.0180. The van der Waals surface area contributed by atoms with Crippen molar-refractivity contribution < 1.29 is 28.2 Å². The summed E-state index contributed by atoms with van der Waals surface area (Å²) in [5, 5.41) is 9.62. The van der Waals surface area contributed by atoms with Crippen LogP contribution in [0.5, 0.6) is 0 Å². The number of aliphatic carboxylic acids is 1. The largest absolute Gasteiger partial charge is 0.479 e. The molecule has 128 valence electrons. The number of hydrogen-bond donors (Lipinski definition) is 1. The molecule has 0 saturated carbocycles. The summed E-state index contributed by atoms with van der Waals surface area (Å²) in [4.78, 5) is 25.1. The van der Waals surface area contributed by atoms with Crippen molar-refractivity contribution in [3.63, 3.8) is 0 Å². The summed E-state index contributed by atoms with van der Waals surface area (Å²) >= 11 is 0. The van der Waals surface area contributed by atoms with Gasteiger partial charge in [-0.3, -0.25) is 4.90 Å². The summed E-state index contributed by atoms with van der Waals surface area (Å²) in [6.07, 6.45) is -0.880. The number of benzene rings is 1. The van der Waals surface area contributed by atoms with Crippen molar-refractivity contribution in [2.45, 2.75) is 45.8 Å². The Kier molecular flexibility index (Phi) is 5.35. The van der Waals surface area contributed by atoms with E-state index < -0.39 is 34.8 Å². The summed E-state index contributed by atoms with van der Waals surface area (Å²) in [6.45, 7) is 7.66. The first-order valence-electron chi connectivity index (χ1n) is 7.12. The number of ether oxygens (including phenoxy) is 1. The Balaban J connectivity index is 3.41. The first-order chi connectivity index (χ1) is 10.4. The van der Waals surface area contributed by atoms with Crippen LogP contribution in [-0.2, 0) is 15.1 Å². The fraction of sp³-hybridized carbons (Fsp3) is 0.500. The van der Waals surface area contributed by atoms with E-state index in [1.807, 2.05) is 0 Å². The second-order valence-corrected chi connectivity index (χ2v) is 6.26. The zero-order valence-electron chi connectivity index (χ0n) is 13.8. The van der Waals surface area contributed by atoms with Gasteiger partial charge in [0.25, 0.3) is 0 Å². The van der Waals surface area contributed by atoms with Crippen LogP contribution in [-0.4, -0.2) is 34.2 Å². The average Bonchev–Trinajstić information content (AvgIpc) is 2.35. The van der Waals surface area contributed by atoms with Crippen molar-refractivity contribution in [2.24, 2.45) is 0 Å². The van der Waals surface area contributed by atoms with Gasteiger partial charge in [-0.1, -0.05) is 0 Å². The molecule has 0 aromatic heterocycles. The zero-order valence-corrected chi connectivity index (χ0v) is 13.8. The fourth-order valence-corrected chi connectivity index (χ4v) is 2.17. The molecule has 0 spiro atoms. The lowest BCUT2D eigenvalue weighted by Crippen LogP contribution is -2.54. The Morgan fingerprint density at radius 1 is 1.13 bits per heavy atom.